The Morgan fingerprint density at radius 2 is 1.75 bits per heavy atom. The van der Waals surface area contributed by atoms with Gasteiger partial charge in [0.2, 0.25) is 0 Å². The lowest BCUT2D eigenvalue weighted by Crippen LogP contribution is -2.38. The second kappa shape index (κ2) is 7.94. The molecule has 1 aromatic rings. The number of carboxylic acids is 1. The van der Waals surface area contributed by atoms with Gasteiger partial charge in [-0.05, 0) is 23.8 Å². The predicted molar refractivity (Wildman–Crippen MR) is 75.1 cm³/mol. The number of rotatable bonds is 6. The fraction of sp³-hybridized carbons (Fsp3) is 0.333. The average Bonchev–Trinajstić information content (AvgIpc) is 2.34. The van der Waals surface area contributed by atoms with Gasteiger partial charge >= 0.3 is 12.0 Å². The van der Waals surface area contributed by atoms with E-state index in [2.05, 4.69) is 10.6 Å². The van der Waals surface area contributed by atoms with E-state index < -0.39 is 18.1 Å². The molecule has 0 spiro atoms. The summed E-state index contributed by atoms with van der Waals surface area (Å²) in [5.74, 6) is -1.00. The molecule has 110 valence electrons. The van der Waals surface area contributed by atoms with Gasteiger partial charge in [0, 0.05) is 23.1 Å². The molecule has 1 rings (SSSR count). The summed E-state index contributed by atoms with van der Waals surface area (Å²) < 4.78 is 0. The number of benzene rings is 1. The third-order valence-corrected chi connectivity index (χ3v) is 2.79. The smallest absolute Gasteiger partial charge is 0.314 e. The lowest BCUT2D eigenvalue weighted by atomic mass is 10.1. The molecule has 2 amide bonds. The van der Waals surface area contributed by atoms with Gasteiger partial charge in [0.25, 0.3) is 0 Å². The highest BCUT2D eigenvalue weighted by Crippen LogP contribution is 2.23. The van der Waals surface area contributed by atoms with Crippen molar-refractivity contribution < 1.29 is 19.8 Å². The van der Waals surface area contributed by atoms with Crippen LogP contribution in [0.3, 0.4) is 0 Å². The lowest BCUT2D eigenvalue weighted by molar-refractivity contribution is -0.136. The number of nitrogens with one attached hydrogen (secondary N) is 2. The number of aliphatic carboxylic acids is 1. The zero-order valence-corrected chi connectivity index (χ0v) is 11.9. The maximum atomic E-state index is 11.3. The van der Waals surface area contributed by atoms with Gasteiger partial charge in [-0.15, -0.1) is 0 Å². The molecule has 6 nitrogen and oxygen atoms in total. The average molecular weight is 321 g/mol. The second-order valence-electron chi connectivity index (χ2n) is 4.00. The number of carbonyl (C=O) groups is 2. The molecular weight excluding hydrogens is 307 g/mol. The Balaban J connectivity index is 2.40. The van der Waals surface area contributed by atoms with E-state index in [1.54, 1.807) is 12.1 Å². The number of hydrogen-bond acceptors (Lipinski definition) is 3. The minimum Gasteiger partial charge on any atom is -0.481 e. The minimum atomic E-state index is -1.00. The van der Waals surface area contributed by atoms with Gasteiger partial charge in [0.1, 0.15) is 0 Å². The standard InChI is InChI=1S/C12H14Cl2N2O4/c13-8-3-7(4-9(14)5-8)10(17)6-16-12(20)15-2-1-11(18)19/h3-5,10,17H,1-2,6H2,(H,18,19)(H2,15,16,20). The van der Waals surface area contributed by atoms with Crippen molar-refractivity contribution in [3.8, 4) is 0 Å². The predicted octanol–water partition coefficient (Wildman–Crippen LogP) is 1.80. The first-order chi connectivity index (χ1) is 9.38. The summed E-state index contributed by atoms with van der Waals surface area (Å²) in [7, 11) is 0. The normalized spacial score (nSPS) is 11.8. The van der Waals surface area contributed by atoms with Crippen LogP contribution in [0.25, 0.3) is 0 Å². The zero-order valence-electron chi connectivity index (χ0n) is 10.4. The molecule has 20 heavy (non-hydrogen) atoms. The first-order valence-corrected chi connectivity index (χ1v) is 6.51. The Labute approximate surface area is 125 Å². The summed E-state index contributed by atoms with van der Waals surface area (Å²) in [4.78, 5) is 21.6. The minimum absolute atomic E-state index is 0.0141. The van der Waals surface area contributed by atoms with Crippen LogP contribution in [0, 0.1) is 0 Å². The molecule has 0 radical (unpaired) electrons. The summed E-state index contributed by atoms with van der Waals surface area (Å²) in [5, 5.41) is 23.8. The highest BCUT2D eigenvalue weighted by atomic mass is 35.5. The molecule has 1 atom stereocenters. The Hall–Kier alpha value is -1.50. The Morgan fingerprint density at radius 1 is 1.15 bits per heavy atom. The quantitative estimate of drug-likeness (QED) is 0.642. The topological polar surface area (TPSA) is 98.7 Å². The fourth-order valence-electron chi connectivity index (χ4n) is 1.42. The monoisotopic (exact) mass is 320 g/mol. The summed E-state index contributed by atoms with van der Waals surface area (Å²) in [6.07, 6.45) is -1.13. The molecular formula is C12H14Cl2N2O4. The second-order valence-corrected chi connectivity index (χ2v) is 4.87. The summed E-state index contributed by atoms with van der Waals surface area (Å²) >= 11 is 11.6. The van der Waals surface area contributed by atoms with E-state index in [0.717, 1.165) is 0 Å². The van der Waals surface area contributed by atoms with Gasteiger partial charge in [-0.25, -0.2) is 4.79 Å². The first-order valence-electron chi connectivity index (χ1n) is 5.76. The van der Waals surface area contributed by atoms with E-state index in [0.29, 0.717) is 15.6 Å². The third kappa shape index (κ3) is 6.10. The van der Waals surface area contributed by atoms with E-state index in [1.165, 1.54) is 6.07 Å². The highest BCUT2D eigenvalue weighted by molar-refractivity contribution is 6.34. The van der Waals surface area contributed by atoms with Crippen molar-refractivity contribution in [3.63, 3.8) is 0 Å². The maximum Gasteiger partial charge on any atom is 0.314 e. The van der Waals surface area contributed by atoms with Crippen LogP contribution in [0.15, 0.2) is 18.2 Å². The number of hydrogen-bond donors (Lipinski definition) is 4. The van der Waals surface area contributed by atoms with E-state index >= 15 is 0 Å². The maximum absolute atomic E-state index is 11.3. The fourth-order valence-corrected chi connectivity index (χ4v) is 1.96. The molecule has 0 aliphatic rings. The van der Waals surface area contributed by atoms with Gasteiger partial charge in [0.05, 0.1) is 12.5 Å². The third-order valence-electron chi connectivity index (χ3n) is 2.35. The summed E-state index contributed by atoms with van der Waals surface area (Å²) in [6.45, 7) is -0.0319. The van der Waals surface area contributed by atoms with Crippen LogP contribution >= 0.6 is 23.2 Å². The lowest BCUT2D eigenvalue weighted by Gasteiger charge is -2.13. The highest BCUT2D eigenvalue weighted by Gasteiger charge is 2.11. The van der Waals surface area contributed by atoms with Crippen molar-refractivity contribution in [2.45, 2.75) is 12.5 Å². The van der Waals surface area contributed by atoms with Crippen molar-refractivity contribution in [1.29, 1.82) is 0 Å². The van der Waals surface area contributed by atoms with E-state index in [1.807, 2.05) is 0 Å². The van der Waals surface area contributed by atoms with Crippen LogP contribution in [-0.4, -0.2) is 35.3 Å². The Kier molecular flexibility index (Phi) is 6.57. The van der Waals surface area contributed by atoms with E-state index in [-0.39, 0.29) is 19.5 Å². The molecule has 8 heteroatoms. The van der Waals surface area contributed by atoms with Crippen molar-refractivity contribution in [2.24, 2.45) is 0 Å². The zero-order chi connectivity index (χ0) is 15.1. The number of urea groups is 1. The van der Waals surface area contributed by atoms with Gasteiger partial charge in [-0.3, -0.25) is 4.79 Å². The van der Waals surface area contributed by atoms with Crippen LogP contribution in [0.1, 0.15) is 18.1 Å². The molecule has 4 N–H and O–H groups in total. The number of halogens is 2. The van der Waals surface area contributed by atoms with Gasteiger partial charge in [0.15, 0.2) is 0 Å². The molecule has 0 bridgehead atoms. The molecule has 0 saturated heterocycles. The number of amides is 2. The van der Waals surface area contributed by atoms with E-state index in [9.17, 15) is 14.7 Å². The summed E-state index contributed by atoms with van der Waals surface area (Å²) in [6, 6.07) is 4.06. The molecule has 1 unspecified atom stereocenters. The van der Waals surface area contributed by atoms with Crippen molar-refractivity contribution >= 4 is 35.2 Å². The van der Waals surface area contributed by atoms with Crippen LogP contribution in [0.2, 0.25) is 10.0 Å². The van der Waals surface area contributed by atoms with Crippen LogP contribution in [-0.2, 0) is 4.79 Å². The van der Waals surface area contributed by atoms with Crippen LogP contribution in [0.4, 0.5) is 4.79 Å². The van der Waals surface area contributed by atoms with Gasteiger partial charge in [-0.1, -0.05) is 23.2 Å². The molecule has 0 aliphatic heterocycles. The van der Waals surface area contributed by atoms with Crippen LogP contribution < -0.4 is 10.6 Å². The Bertz CT molecular complexity index is 476. The van der Waals surface area contributed by atoms with E-state index in [4.69, 9.17) is 28.3 Å². The number of carbonyl (C=O) groups excluding carboxylic acids is 1. The van der Waals surface area contributed by atoms with Gasteiger partial charge in [-0.2, -0.15) is 0 Å². The first kappa shape index (κ1) is 16.6. The van der Waals surface area contributed by atoms with Crippen molar-refractivity contribution in [3.05, 3.63) is 33.8 Å². The SMILES string of the molecule is O=C(O)CCNC(=O)NCC(O)c1cc(Cl)cc(Cl)c1. The summed E-state index contributed by atoms with van der Waals surface area (Å²) in [5.41, 5.74) is 0.480. The molecule has 1 aromatic carbocycles. The molecule has 0 fully saturated rings. The number of carboxylic acid groups (broad SMARTS) is 1. The van der Waals surface area contributed by atoms with Crippen molar-refractivity contribution in [2.75, 3.05) is 13.1 Å². The molecule has 0 aliphatic carbocycles. The number of aliphatic hydroxyl groups is 1. The number of aliphatic hydroxyl groups excluding tert-OH is 1. The van der Waals surface area contributed by atoms with Gasteiger partial charge < -0.3 is 20.8 Å². The largest absolute Gasteiger partial charge is 0.481 e. The Morgan fingerprint density at radius 3 is 2.30 bits per heavy atom. The van der Waals surface area contributed by atoms with Crippen LogP contribution in [0.5, 0.6) is 0 Å². The van der Waals surface area contributed by atoms with Crippen molar-refractivity contribution in [1.82, 2.24) is 10.6 Å². The molecule has 0 saturated carbocycles. The molecule has 0 heterocycles. The molecule has 0 aromatic heterocycles.